The van der Waals surface area contributed by atoms with Gasteiger partial charge in [0.05, 0.1) is 0 Å². The number of alkyl carbamates (subject to hydrolysis) is 1. The molecule has 1 fully saturated rings. The van der Waals surface area contributed by atoms with Crippen molar-refractivity contribution < 1.29 is 24.2 Å². The van der Waals surface area contributed by atoms with Crippen molar-refractivity contribution in [3.63, 3.8) is 0 Å². The average Bonchev–Trinajstić information content (AvgIpc) is 2.98. The molecule has 8 heteroatoms. The summed E-state index contributed by atoms with van der Waals surface area (Å²) < 4.78 is 5.59. The summed E-state index contributed by atoms with van der Waals surface area (Å²) >= 11 is 1.80. The molecule has 0 spiro atoms. The Labute approximate surface area is 203 Å². The van der Waals surface area contributed by atoms with Gasteiger partial charge in [0, 0.05) is 31.2 Å². The van der Waals surface area contributed by atoms with Gasteiger partial charge in [-0.2, -0.15) is 11.8 Å². The highest BCUT2D eigenvalue weighted by atomic mass is 32.2. The largest absolute Gasteiger partial charge is 0.481 e. The Morgan fingerprint density at radius 2 is 1.76 bits per heavy atom. The molecule has 0 saturated carbocycles. The minimum absolute atomic E-state index is 0.0242. The Balaban J connectivity index is 1.43. The lowest BCUT2D eigenvalue weighted by Crippen LogP contribution is -2.50. The van der Waals surface area contributed by atoms with E-state index in [1.165, 1.54) is 0 Å². The number of hydrogen-bond acceptors (Lipinski definition) is 5. The van der Waals surface area contributed by atoms with Crippen molar-refractivity contribution in [2.24, 2.45) is 5.92 Å². The van der Waals surface area contributed by atoms with E-state index in [1.54, 1.807) is 16.7 Å². The third kappa shape index (κ3) is 5.55. The minimum atomic E-state index is -1.01. The number of benzene rings is 2. The van der Waals surface area contributed by atoms with E-state index in [0.29, 0.717) is 19.0 Å². The van der Waals surface area contributed by atoms with Crippen LogP contribution in [0.2, 0.25) is 0 Å². The second-order valence-electron chi connectivity index (χ2n) is 8.92. The van der Waals surface area contributed by atoms with Crippen LogP contribution in [0, 0.1) is 5.92 Å². The molecule has 2 aromatic rings. The van der Waals surface area contributed by atoms with Crippen LogP contribution < -0.4 is 5.32 Å². The predicted molar refractivity (Wildman–Crippen MR) is 132 cm³/mol. The number of amides is 2. The highest BCUT2D eigenvalue weighted by molar-refractivity contribution is 7.99. The molecule has 0 aromatic heterocycles. The lowest BCUT2D eigenvalue weighted by Gasteiger charge is -2.27. The fraction of sp³-hybridized carbons (Fsp3) is 0.423. The minimum Gasteiger partial charge on any atom is -0.481 e. The quantitative estimate of drug-likeness (QED) is 0.620. The van der Waals surface area contributed by atoms with Crippen LogP contribution in [0.15, 0.2) is 48.5 Å². The van der Waals surface area contributed by atoms with Crippen LogP contribution >= 0.6 is 11.8 Å². The fourth-order valence-electron chi connectivity index (χ4n) is 4.71. The van der Waals surface area contributed by atoms with Crippen molar-refractivity contribution in [2.45, 2.75) is 31.7 Å². The lowest BCUT2D eigenvalue weighted by molar-refractivity contribution is -0.138. The van der Waals surface area contributed by atoms with E-state index in [2.05, 4.69) is 24.4 Å². The first-order chi connectivity index (χ1) is 16.4. The topological polar surface area (TPSA) is 95.9 Å². The van der Waals surface area contributed by atoms with Crippen molar-refractivity contribution in [3.8, 4) is 11.1 Å². The Morgan fingerprint density at radius 3 is 2.41 bits per heavy atom. The van der Waals surface area contributed by atoms with Crippen LogP contribution in [0.25, 0.3) is 11.1 Å². The number of carboxylic acids is 1. The Kier molecular flexibility index (Phi) is 7.77. The van der Waals surface area contributed by atoms with E-state index >= 15 is 0 Å². The van der Waals surface area contributed by atoms with E-state index in [9.17, 15) is 14.4 Å². The van der Waals surface area contributed by atoms with Crippen LogP contribution in [0.4, 0.5) is 4.79 Å². The Hall–Kier alpha value is -3.00. The highest BCUT2D eigenvalue weighted by Crippen LogP contribution is 2.44. The number of fused-ring (bicyclic) bond motifs is 3. The van der Waals surface area contributed by atoms with E-state index in [0.717, 1.165) is 33.8 Å². The third-order valence-corrected chi connectivity index (χ3v) is 7.61. The first-order valence-electron chi connectivity index (χ1n) is 11.6. The smallest absolute Gasteiger partial charge is 0.407 e. The van der Waals surface area contributed by atoms with Gasteiger partial charge in [0.15, 0.2) is 0 Å². The maximum atomic E-state index is 13.2. The highest BCUT2D eigenvalue weighted by Gasteiger charge is 2.31. The number of nitrogens with one attached hydrogen (secondary N) is 1. The van der Waals surface area contributed by atoms with E-state index in [1.807, 2.05) is 36.4 Å². The summed E-state index contributed by atoms with van der Waals surface area (Å²) in [7, 11) is 0. The molecule has 2 N–H and O–H groups in total. The molecule has 180 valence electrons. The Bertz CT molecular complexity index is 1010. The second kappa shape index (κ2) is 11.0. The van der Waals surface area contributed by atoms with Crippen LogP contribution in [-0.4, -0.2) is 65.2 Å². The van der Waals surface area contributed by atoms with E-state index in [-0.39, 0.29) is 31.3 Å². The number of nitrogens with zero attached hydrogens (tertiary/aromatic N) is 1. The molecule has 2 atom stereocenters. The van der Waals surface area contributed by atoms with Crippen LogP contribution in [0.1, 0.15) is 36.8 Å². The standard InChI is InChI=1S/C26H30N2O5S/c1-17-14-28(12-13-34-16-17)25(31)23(10-11-24(29)30)27-26(32)33-15-22-20-8-4-2-6-18(20)19-7-3-5-9-21(19)22/h2-9,17,22-23H,10-16H2,1H3,(H,27,32)(H,29,30). The zero-order chi connectivity index (χ0) is 24.1. The first-order valence-corrected chi connectivity index (χ1v) is 12.8. The molecule has 0 radical (unpaired) electrons. The van der Waals surface area contributed by atoms with Gasteiger partial charge in [0.25, 0.3) is 0 Å². The van der Waals surface area contributed by atoms with E-state index < -0.39 is 18.1 Å². The van der Waals surface area contributed by atoms with Gasteiger partial charge in [-0.1, -0.05) is 55.5 Å². The molecule has 34 heavy (non-hydrogen) atoms. The number of ether oxygens (including phenoxy) is 1. The predicted octanol–water partition coefficient (Wildman–Crippen LogP) is 3.97. The number of carbonyl (C=O) groups is 3. The zero-order valence-corrected chi connectivity index (χ0v) is 20.1. The van der Waals surface area contributed by atoms with Gasteiger partial charge in [-0.3, -0.25) is 9.59 Å². The molecule has 2 unspecified atom stereocenters. The molecule has 2 aliphatic rings. The molecule has 1 saturated heterocycles. The summed E-state index contributed by atoms with van der Waals surface area (Å²) in [4.78, 5) is 38.8. The summed E-state index contributed by atoms with van der Waals surface area (Å²) in [6, 6.07) is 15.2. The first kappa shape index (κ1) is 24.1. The maximum Gasteiger partial charge on any atom is 0.407 e. The molecule has 0 bridgehead atoms. The molecular weight excluding hydrogens is 452 g/mol. The summed E-state index contributed by atoms with van der Waals surface area (Å²) in [5, 5.41) is 11.8. The summed E-state index contributed by atoms with van der Waals surface area (Å²) in [6.45, 7) is 3.41. The van der Waals surface area contributed by atoms with Gasteiger partial charge in [0.2, 0.25) is 5.91 Å². The average molecular weight is 483 g/mol. The molecule has 2 aromatic carbocycles. The van der Waals surface area contributed by atoms with Gasteiger partial charge >= 0.3 is 12.1 Å². The SMILES string of the molecule is CC1CSCCN(C(=O)C(CCC(=O)O)NC(=O)OCC2c3ccccc3-c3ccccc32)C1. The molecule has 4 rings (SSSR count). The fourth-order valence-corrected chi connectivity index (χ4v) is 5.73. The van der Waals surface area contributed by atoms with Crippen LogP contribution in [-0.2, 0) is 14.3 Å². The number of carboxylic acid groups (broad SMARTS) is 1. The van der Waals surface area contributed by atoms with Crippen molar-refractivity contribution >= 4 is 29.7 Å². The van der Waals surface area contributed by atoms with Gasteiger partial charge in [-0.05, 0) is 40.3 Å². The normalized spacial score (nSPS) is 18.4. The molecule has 1 heterocycles. The molecule has 2 amide bonds. The lowest BCUT2D eigenvalue weighted by atomic mass is 9.98. The number of thioether (sulfide) groups is 1. The Morgan fingerprint density at radius 1 is 1.12 bits per heavy atom. The summed E-state index contributed by atoms with van der Waals surface area (Å²) in [5.41, 5.74) is 4.47. The van der Waals surface area contributed by atoms with Gasteiger partial charge in [-0.25, -0.2) is 4.79 Å². The van der Waals surface area contributed by atoms with Gasteiger partial charge in [-0.15, -0.1) is 0 Å². The van der Waals surface area contributed by atoms with E-state index in [4.69, 9.17) is 9.84 Å². The van der Waals surface area contributed by atoms with Crippen molar-refractivity contribution in [1.82, 2.24) is 10.2 Å². The summed E-state index contributed by atoms with van der Waals surface area (Å²) in [6.07, 6.45) is -0.892. The maximum absolute atomic E-state index is 13.2. The molecule has 1 aliphatic carbocycles. The number of rotatable bonds is 7. The number of aliphatic carboxylic acids is 1. The second-order valence-corrected chi connectivity index (χ2v) is 10.1. The number of carbonyl (C=O) groups excluding carboxylic acids is 2. The van der Waals surface area contributed by atoms with Crippen LogP contribution in [0.3, 0.4) is 0 Å². The van der Waals surface area contributed by atoms with Gasteiger partial charge < -0.3 is 20.1 Å². The monoisotopic (exact) mass is 482 g/mol. The molecule has 7 nitrogen and oxygen atoms in total. The van der Waals surface area contributed by atoms with Crippen LogP contribution in [0.5, 0.6) is 0 Å². The van der Waals surface area contributed by atoms with Gasteiger partial charge in [0.1, 0.15) is 12.6 Å². The zero-order valence-electron chi connectivity index (χ0n) is 19.2. The molecule has 1 aliphatic heterocycles. The molecular formula is C26H30N2O5S. The van der Waals surface area contributed by atoms with Crippen molar-refractivity contribution in [1.29, 1.82) is 0 Å². The summed E-state index contributed by atoms with van der Waals surface area (Å²) in [5.74, 6) is 0.799. The van der Waals surface area contributed by atoms with Crippen molar-refractivity contribution in [3.05, 3.63) is 59.7 Å². The number of hydrogen-bond donors (Lipinski definition) is 2. The van der Waals surface area contributed by atoms with Crippen molar-refractivity contribution in [2.75, 3.05) is 31.2 Å². The third-order valence-electron chi connectivity index (χ3n) is 6.33.